The first kappa shape index (κ1) is 15.9. The van der Waals surface area contributed by atoms with E-state index in [1.807, 2.05) is 6.07 Å². The average molecular weight is 357 g/mol. The van der Waals surface area contributed by atoms with Gasteiger partial charge in [-0.2, -0.15) is 0 Å². The molecule has 0 N–H and O–H groups in total. The van der Waals surface area contributed by atoms with E-state index in [4.69, 9.17) is 22.6 Å². The van der Waals surface area contributed by atoms with Crippen molar-refractivity contribution in [3.05, 3.63) is 53.0 Å². The highest BCUT2D eigenvalue weighted by Gasteiger charge is 2.26. The van der Waals surface area contributed by atoms with Crippen molar-refractivity contribution in [1.82, 2.24) is 9.97 Å². The molecule has 1 aromatic carbocycles. The summed E-state index contributed by atoms with van der Waals surface area (Å²) in [5, 5.41) is 0.959. The lowest BCUT2D eigenvalue weighted by Crippen LogP contribution is -2.35. The Labute approximate surface area is 148 Å². The molecule has 5 nitrogen and oxygen atoms in total. The molecular formula is C18H14ClFN4O. The van der Waals surface area contributed by atoms with E-state index in [1.54, 1.807) is 6.07 Å². The van der Waals surface area contributed by atoms with Crippen LogP contribution in [0.3, 0.4) is 0 Å². The largest absolute Gasteiger partial charge is 0.461 e. The molecule has 0 amide bonds. The summed E-state index contributed by atoms with van der Waals surface area (Å²) < 4.78 is 19.5. The number of halogens is 2. The molecule has 0 unspecified atom stereocenters. The number of benzene rings is 1. The second-order valence-electron chi connectivity index (χ2n) is 6.01. The Morgan fingerprint density at radius 2 is 2.12 bits per heavy atom. The van der Waals surface area contributed by atoms with Crippen LogP contribution in [-0.2, 0) is 0 Å². The van der Waals surface area contributed by atoms with E-state index in [2.05, 4.69) is 19.7 Å². The normalized spacial score (nSPS) is 15.5. The molecule has 25 heavy (non-hydrogen) atoms. The lowest BCUT2D eigenvalue weighted by Gasteiger charge is -2.29. The van der Waals surface area contributed by atoms with Crippen LogP contribution in [0, 0.1) is 12.4 Å². The fraction of sp³-hybridized carbons (Fsp3) is 0.278. The number of hydrogen-bond donors (Lipinski definition) is 0. The van der Waals surface area contributed by atoms with Crippen molar-refractivity contribution in [2.75, 3.05) is 18.0 Å². The summed E-state index contributed by atoms with van der Waals surface area (Å²) in [7, 11) is 0. The molecule has 0 spiro atoms. The van der Waals surface area contributed by atoms with Crippen molar-refractivity contribution >= 4 is 28.4 Å². The lowest BCUT2D eigenvalue weighted by atomic mass is 10.0. The number of anilines is 1. The molecule has 0 saturated carbocycles. The van der Waals surface area contributed by atoms with Crippen LogP contribution < -0.4 is 4.90 Å². The number of fused-ring (bicyclic) bond motifs is 1. The summed E-state index contributed by atoms with van der Waals surface area (Å²) in [4.78, 5) is 14.5. The molecule has 1 fully saturated rings. The van der Waals surface area contributed by atoms with Crippen LogP contribution in [0.15, 0.2) is 35.1 Å². The Hall–Kier alpha value is -2.65. The Bertz CT molecular complexity index is 973. The molecular weight excluding hydrogens is 343 g/mol. The summed E-state index contributed by atoms with van der Waals surface area (Å²) in [6, 6.07) is 4.99. The summed E-state index contributed by atoms with van der Waals surface area (Å²) in [5.74, 6) is 0.185. The third kappa shape index (κ3) is 2.92. The third-order valence-corrected chi connectivity index (χ3v) is 4.63. The highest BCUT2D eigenvalue weighted by molar-refractivity contribution is 6.29. The van der Waals surface area contributed by atoms with Gasteiger partial charge in [-0.25, -0.2) is 20.9 Å². The van der Waals surface area contributed by atoms with Crippen LogP contribution in [0.5, 0.6) is 0 Å². The molecule has 0 atom stereocenters. The van der Waals surface area contributed by atoms with Gasteiger partial charge in [-0.3, -0.25) is 0 Å². The van der Waals surface area contributed by atoms with E-state index in [0.29, 0.717) is 35.6 Å². The van der Waals surface area contributed by atoms with Gasteiger partial charge in [0.15, 0.2) is 17.2 Å². The summed E-state index contributed by atoms with van der Waals surface area (Å²) in [6.07, 6.45) is 4.46. The van der Waals surface area contributed by atoms with Crippen molar-refractivity contribution in [2.24, 2.45) is 0 Å². The van der Waals surface area contributed by atoms with Crippen molar-refractivity contribution in [3.63, 3.8) is 0 Å². The molecule has 3 aromatic rings. The Balaban J connectivity index is 1.78. The zero-order valence-corrected chi connectivity index (χ0v) is 14.0. The van der Waals surface area contributed by atoms with Gasteiger partial charge in [0.2, 0.25) is 6.04 Å². The molecule has 1 saturated heterocycles. The van der Waals surface area contributed by atoms with Gasteiger partial charge in [0, 0.05) is 36.9 Å². The summed E-state index contributed by atoms with van der Waals surface area (Å²) >= 11 is 6.05. The van der Waals surface area contributed by atoms with E-state index >= 15 is 0 Å². The monoisotopic (exact) mass is 356 g/mol. The molecule has 1 aliphatic rings. The predicted octanol–water partition coefficient (Wildman–Crippen LogP) is 4.57. The summed E-state index contributed by atoms with van der Waals surface area (Å²) in [6.45, 7) is 8.57. The Morgan fingerprint density at radius 3 is 2.88 bits per heavy atom. The van der Waals surface area contributed by atoms with Gasteiger partial charge >= 0.3 is 0 Å². The maximum absolute atomic E-state index is 14.3. The number of hydrogen-bond acceptors (Lipinski definition) is 4. The molecule has 4 rings (SSSR count). The highest BCUT2D eigenvalue weighted by atomic mass is 35.5. The first-order valence-corrected chi connectivity index (χ1v) is 8.34. The van der Waals surface area contributed by atoms with Crippen molar-refractivity contribution in [1.29, 1.82) is 0 Å². The first-order valence-electron chi connectivity index (χ1n) is 7.97. The van der Waals surface area contributed by atoms with Gasteiger partial charge in [-0.05, 0) is 18.2 Å². The van der Waals surface area contributed by atoms with Gasteiger partial charge in [-0.15, -0.1) is 0 Å². The zero-order chi connectivity index (χ0) is 17.4. The van der Waals surface area contributed by atoms with Crippen LogP contribution in [0.1, 0.15) is 12.8 Å². The van der Waals surface area contributed by atoms with E-state index in [1.165, 1.54) is 18.5 Å². The third-order valence-electron chi connectivity index (χ3n) is 4.45. The van der Waals surface area contributed by atoms with Gasteiger partial charge in [0.1, 0.15) is 10.8 Å². The summed E-state index contributed by atoms with van der Waals surface area (Å²) in [5.41, 5.74) is 1.43. The first-order chi connectivity index (χ1) is 12.2. The molecule has 1 aliphatic heterocycles. The Morgan fingerprint density at radius 1 is 1.32 bits per heavy atom. The molecule has 2 aromatic heterocycles. The van der Waals surface area contributed by atoms with Crippen LogP contribution in [0.2, 0.25) is 5.15 Å². The minimum absolute atomic E-state index is 0.0477. The number of nitrogens with zero attached hydrogens (tertiary/aromatic N) is 4. The number of aromatic nitrogens is 2. The fourth-order valence-corrected chi connectivity index (χ4v) is 3.29. The molecule has 0 radical (unpaired) electrons. The van der Waals surface area contributed by atoms with Gasteiger partial charge < -0.3 is 14.2 Å². The van der Waals surface area contributed by atoms with Crippen molar-refractivity contribution < 1.29 is 8.81 Å². The minimum Gasteiger partial charge on any atom is -0.461 e. The van der Waals surface area contributed by atoms with Crippen LogP contribution in [0.4, 0.5) is 10.2 Å². The second kappa shape index (κ2) is 6.34. The van der Waals surface area contributed by atoms with E-state index in [9.17, 15) is 4.39 Å². The lowest BCUT2D eigenvalue weighted by molar-refractivity contribution is 0.544. The minimum atomic E-state index is -0.438. The van der Waals surface area contributed by atoms with Crippen molar-refractivity contribution in [2.45, 2.75) is 18.9 Å². The molecule has 3 heterocycles. The van der Waals surface area contributed by atoms with Gasteiger partial charge in [0.05, 0.1) is 12.5 Å². The van der Waals surface area contributed by atoms with Crippen molar-refractivity contribution in [3.8, 4) is 11.3 Å². The molecule has 0 bridgehead atoms. The van der Waals surface area contributed by atoms with Crippen LogP contribution >= 0.6 is 11.6 Å². The SMILES string of the molecule is [C-]#[N+]C1CCN(c2nc(Cl)cnc2-c2cc(F)c3occc3c2)CC1. The van der Waals surface area contributed by atoms with E-state index in [-0.39, 0.29) is 16.8 Å². The van der Waals surface area contributed by atoms with Crippen LogP contribution in [-0.4, -0.2) is 29.1 Å². The van der Waals surface area contributed by atoms with Gasteiger partial charge in [-0.1, -0.05) is 11.6 Å². The molecule has 126 valence electrons. The maximum Gasteiger partial charge on any atom is 0.227 e. The Kier molecular flexibility index (Phi) is 4.02. The number of furan rings is 1. The standard InChI is InChI=1S/C18H14ClFN4O/c1-21-13-2-5-24(6-3-13)18-16(22-10-15(19)23-18)12-8-11-4-7-25-17(11)14(20)9-12/h4,7-10,13H,2-3,5-6H2. The molecule has 7 heteroatoms. The van der Waals surface area contributed by atoms with E-state index in [0.717, 1.165) is 12.8 Å². The number of piperidine rings is 1. The van der Waals surface area contributed by atoms with Gasteiger partial charge in [0.25, 0.3) is 0 Å². The quantitative estimate of drug-likeness (QED) is 0.631. The smallest absolute Gasteiger partial charge is 0.227 e. The number of rotatable bonds is 2. The topological polar surface area (TPSA) is 46.5 Å². The van der Waals surface area contributed by atoms with Crippen LogP contribution in [0.25, 0.3) is 27.1 Å². The molecule has 0 aliphatic carbocycles. The maximum atomic E-state index is 14.3. The fourth-order valence-electron chi connectivity index (χ4n) is 3.16. The average Bonchev–Trinajstić information content (AvgIpc) is 3.11. The second-order valence-corrected chi connectivity index (χ2v) is 6.40. The zero-order valence-electron chi connectivity index (χ0n) is 13.2. The van der Waals surface area contributed by atoms with E-state index < -0.39 is 5.82 Å². The highest BCUT2D eigenvalue weighted by Crippen LogP contribution is 2.33. The predicted molar refractivity (Wildman–Crippen MR) is 94.0 cm³/mol.